The number of carbonyl (C=O) groups excluding carboxylic acids is 1. The average Bonchev–Trinajstić information content (AvgIpc) is 3.56. The number of amides is 1. The number of nitrogens with zero attached hydrogens (tertiary/aromatic N) is 7. The van der Waals surface area contributed by atoms with E-state index < -0.39 is 23.2 Å². The molecule has 0 radical (unpaired) electrons. The molecule has 3 heterocycles. The number of anilines is 3. The van der Waals surface area contributed by atoms with Crippen molar-refractivity contribution in [1.29, 1.82) is 5.26 Å². The maximum atomic E-state index is 14.0. The zero-order valence-corrected chi connectivity index (χ0v) is 24.1. The molecule has 6 rings (SSSR count). The lowest BCUT2D eigenvalue weighted by Crippen LogP contribution is -2.44. The zero-order chi connectivity index (χ0) is 31.0. The normalized spacial score (nSPS) is 16.3. The highest BCUT2D eigenvalue weighted by Crippen LogP contribution is 2.34. The molecule has 0 spiro atoms. The highest BCUT2D eigenvalue weighted by atomic mass is 19.4. The number of likely N-dealkylation sites (N-methyl/N-ethyl adjacent to an activating group) is 1. The van der Waals surface area contributed by atoms with Crippen LogP contribution < -0.4 is 15.4 Å². The second kappa shape index (κ2) is 11.7. The smallest absolute Gasteiger partial charge is 0.369 e. The number of piperazine rings is 1. The van der Waals surface area contributed by atoms with E-state index in [9.17, 15) is 28.0 Å². The summed E-state index contributed by atoms with van der Waals surface area (Å²) < 4.78 is 41.3. The van der Waals surface area contributed by atoms with Gasteiger partial charge in [0.25, 0.3) is 11.5 Å². The Labute approximate surface area is 251 Å². The molecule has 0 unspecified atom stereocenters. The van der Waals surface area contributed by atoms with Gasteiger partial charge in [-0.3, -0.25) is 14.2 Å². The number of benzene rings is 2. The van der Waals surface area contributed by atoms with Gasteiger partial charge in [-0.2, -0.15) is 23.4 Å². The first kappa shape index (κ1) is 29.3. The second-order valence-corrected chi connectivity index (χ2v) is 11.3. The Hall–Kier alpha value is -4.76. The molecule has 4 aromatic rings. The quantitative estimate of drug-likeness (QED) is 0.297. The molecule has 2 aromatic heterocycles. The van der Waals surface area contributed by atoms with Crippen molar-refractivity contribution in [2.24, 2.45) is 0 Å². The molecule has 0 N–H and O–H groups in total. The van der Waals surface area contributed by atoms with Crippen LogP contribution in [0.2, 0.25) is 0 Å². The summed E-state index contributed by atoms with van der Waals surface area (Å²) in [7, 11) is 2.07. The Morgan fingerprint density at radius 3 is 2.27 bits per heavy atom. The topological polar surface area (TPSA) is 98.4 Å². The van der Waals surface area contributed by atoms with Crippen LogP contribution in [0.5, 0.6) is 0 Å². The van der Waals surface area contributed by atoms with Gasteiger partial charge in [-0.25, -0.2) is 9.88 Å². The number of nitriles is 1. The molecule has 1 amide bonds. The van der Waals surface area contributed by atoms with E-state index in [2.05, 4.69) is 21.8 Å². The lowest BCUT2D eigenvalue weighted by atomic mass is 10.1. The monoisotopic (exact) mass is 601 g/mol. The number of rotatable bonds is 5. The van der Waals surface area contributed by atoms with Gasteiger partial charge in [-0.1, -0.05) is 12.8 Å². The number of fused-ring (bicyclic) bond motifs is 1. The standard InChI is InChI=1S/C32H30F3N7O2/c1-39-14-16-40(17-15-39)25-10-12-27(13-11-25)42(29(43)21-6-8-24(9-7-21)32(33,34)35)31-37-20-23-18-22(19-36)30(44)41(28(23)38-31)26-4-2-3-5-26/h6-13,18,20,26H,2-5,14-17H2,1H3. The fraction of sp³-hybridized carbons (Fsp3) is 0.344. The predicted octanol–water partition coefficient (Wildman–Crippen LogP) is 5.53. The lowest BCUT2D eigenvalue weighted by molar-refractivity contribution is -0.137. The number of pyridine rings is 1. The van der Waals surface area contributed by atoms with E-state index in [4.69, 9.17) is 4.98 Å². The molecular weight excluding hydrogens is 571 g/mol. The van der Waals surface area contributed by atoms with Gasteiger partial charge in [0.2, 0.25) is 5.95 Å². The maximum Gasteiger partial charge on any atom is 0.416 e. The number of alkyl halides is 3. The van der Waals surface area contributed by atoms with Gasteiger partial charge in [0, 0.05) is 55.1 Å². The number of carbonyl (C=O) groups is 1. The Morgan fingerprint density at radius 2 is 1.66 bits per heavy atom. The van der Waals surface area contributed by atoms with E-state index in [1.165, 1.54) is 21.7 Å². The average molecular weight is 602 g/mol. The van der Waals surface area contributed by atoms with Crippen molar-refractivity contribution in [3.63, 3.8) is 0 Å². The molecule has 2 aromatic carbocycles. The van der Waals surface area contributed by atoms with Crippen molar-refractivity contribution < 1.29 is 18.0 Å². The molecule has 44 heavy (non-hydrogen) atoms. The summed E-state index contributed by atoms with van der Waals surface area (Å²) in [6, 6.07) is 14.5. The van der Waals surface area contributed by atoms with Crippen LogP contribution in [0, 0.1) is 11.3 Å². The molecule has 1 aliphatic carbocycles. The summed E-state index contributed by atoms with van der Waals surface area (Å²) in [5.41, 5.74) is 0.362. The molecule has 1 saturated heterocycles. The van der Waals surface area contributed by atoms with Crippen molar-refractivity contribution in [3.05, 3.63) is 87.8 Å². The van der Waals surface area contributed by atoms with Crippen LogP contribution in [0.1, 0.15) is 53.2 Å². The first-order valence-electron chi connectivity index (χ1n) is 14.5. The highest BCUT2D eigenvalue weighted by molar-refractivity contribution is 6.10. The summed E-state index contributed by atoms with van der Waals surface area (Å²) in [4.78, 5) is 42.2. The van der Waals surface area contributed by atoms with E-state index >= 15 is 0 Å². The van der Waals surface area contributed by atoms with Crippen molar-refractivity contribution in [1.82, 2.24) is 19.4 Å². The van der Waals surface area contributed by atoms with Gasteiger partial charge in [0.15, 0.2) is 0 Å². The van der Waals surface area contributed by atoms with Gasteiger partial charge >= 0.3 is 6.18 Å². The number of hydrogen-bond acceptors (Lipinski definition) is 7. The summed E-state index contributed by atoms with van der Waals surface area (Å²) in [5, 5.41) is 10.1. The molecule has 226 valence electrons. The Bertz CT molecular complexity index is 1780. The van der Waals surface area contributed by atoms with E-state index in [0.717, 1.165) is 81.8 Å². The van der Waals surface area contributed by atoms with Crippen LogP contribution in [0.15, 0.2) is 65.6 Å². The fourth-order valence-corrected chi connectivity index (χ4v) is 5.93. The lowest BCUT2D eigenvalue weighted by Gasteiger charge is -2.34. The molecule has 0 bridgehead atoms. The Balaban J connectivity index is 1.46. The van der Waals surface area contributed by atoms with E-state index in [1.54, 1.807) is 12.1 Å². The molecule has 9 nitrogen and oxygen atoms in total. The number of hydrogen-bond donors (Lipinski definition) is 0. The van der Waals surface area contributed by atoms with E-state index in [0.29, 0.717) is 16.7 Å². The summed E-state index contributed by atoms with van der Waals surface area (Å²) >= 11 is 0. The summed E-state index contributed by atoms with van der Waals surface area (Å²) in [6.45, 7) is 3.53. The van der Waals surface area contributed by atoms with Crippen molar-refractivity contribution >= 4 is 34.3 Å². The largest absolute Gasteiger partial charge is 0.416 e. The van der Waals surface area contributed by atoms with Crippen molar-refractivity contribution in [3.8, 4) is 6.07 Å². The number of halogens is 3. The van der Waals surface area contributed by atoms with E-state index in [1.807, 2.05) is 18.2 Å². The summed E-state index contributed by atoms with van der Waals surface area (Å²) in [6.07, 6.45) is 0.302. The highest BCUT2D eigenvalue weighted by Gasteiger charge is 2.31. The zero-order valence-electron chi connectivity index (χ0n) is 24.1. The first-order valence-corrected chi connectivity index (χ1v) is 14.5. The molecule has 12 heteroatoms. The molecule has 2 fully saturated rings. The van der Waals surface area contributed by atoms with Crippen LogP contribution in [0.25, 0.3) is 11.0 Å². The minimum absolute atomic E-state index is 0.0119. The molecule has 1 saturated carbocycles. The third-order valence-corrected chi connectivity index (χ3v) is 8.41. The minimum atomic E-state index is -4.55. The minimum Gasteiger partial charge on any atom is -0.369 e. The molecule has 1 aliphatic heterocycles. The number of aromatic nitrogens is 3. The van der Waals surface area contributed by atoms with Gasteiger partial charge in [-0.05, 0) is 74.5 Å². The predicted molar refractivity (Wildman–Crippen MR) is 160 cm³/mol. The molecular formula is C32H30F3N7O2. The van der Waals surface area contributed by atoms with Gasteiger partial charge in [0.05, 0.1) is 11.3 Å². The van der Waals surface area contributed by atoms with Crippen LogP contribution >= 0.6 is 0 Å². The van der Waals surface area contributed by atoms with Gasteiger partial charge in [0.1, 0.15) is 17.3 Å². The van der Waals surface area contributed by atoms with E-state index in [-0.39, 0.29) is 23.1 Å². The second-order valence-electron chi connectivity index (χ2n) is 11.3. The van der Waals surface area contributed by atoms with Gasteiger partial charge < -0.3 is 9.80 Å². The molecule has 2 aliphatic rings. The maximum absolute atomic E-state index is 14.0. The third kappa shape index (κ3) is 5.63. The van der Waals surface area contributed by atoms with Crippen LogP contribution in [-0.4, -0.2) is 58.6 Å². The van der Waals surface area contributed by atoms with Crippen LogP contribution in [0.3, 0.4) is 0 Å². The Kier molecular flexibility index (Phi) is 7.82. The third-order valence-electron chi connectivity index (χ3n) is 8.41. The molecule has 0 atom stereocenters. The van der Waals surface area contributed by atoms with Crippen molar-refractivity contribution in [2.45, 2.75) is 37.9 Å². The van der Waals surface area contributed by atoms with Gasteiger partial charge in [-0.15, -0.1) is 0 Å². The van der Waals surface area contributed by atoms with Crippen molar-refractivity contribution in [2.75, 3.05) is 43.0 Å². The van der Waals surface area contributed by atoms with Crippen LogP contribution in [0.4, 0.5) is 30.5 Å². The van der Waals surface area contributed by atoms with Crippen LogP contribution in [-0.2, 0) is 6.18 Å². The Morgan fingerprint density at radius 1 is 1.00 bits per heavy atom. The first-order chi connectivity index (χ1) is 21.1. The summed E-state index contributed by atoms with van der Waals surface area (Å²) in [5.74, 6) is -0.667. The fourth-order valence-electron chi connectivity index (χ4n) is 5.93. The SMILES string of the molecule is CN1CCN(c2ccc(N(C(=O)c3ccc(C(F)(F)F)cc3)c3ncc4cc(C#N)c(=O)n(C5CCCC5)c4n3)cc2)CC1.